The molecule has 0 amide bonds. The van der Waals surface area contributed by atoms with Gasteiger partial charge in [0.25, 0.3) is 0 Å². The first-order valence-electron chi connectivity index (χ1n) is 35.0. The second-order valence-corrected chi connectivity index (χ2v) is 31.2. The average Bonchev–Trinajstić information content (AvgIpc) is 1.08. The van der Waals surface area contributed by atoms with Crippen LogP contribution in [0.5, 0.6) is 46.0 Å². The summed E-state index contributed by atoms with van der Waals surface area (Å²) in [4.78, 5) is 0. The highest BCUT2D eigenvalue weighted by Crippen LogP contribution is 2.63. The topological polar surface area (TPSA) is 118 Å². The largest absolute Gasteiger partial charge is 0.507 e. The average molecular weight is 1230 g/mol. The van der Waals surface area contributed by atoms with Gasteiger partial charge in [0, 0.05) is 114 Å². The predicted molar refractivity (Wildman–Crippen MR) is 360 cm³/mol. The lowest BCUT2D eigenvalue weighted by molar-refractivity contribution is 0.121. The van der Waals surface area contributed by atoms with Gasteiger partial charge in [-0.15, -0.1) is 0 Å². The summed E-state index contributed by atoms with van der Waals surface area (Å²) in [6, 6.07) is 44.1. The number of rotatable bonds is 8. The standard InChI is InChI=1S/C84H88O8/c1-41(2)25-57-61-37-65(81-69(73(61)85)33-49-29-45-17-9-13-21-53(45)77(49)89-81)58(26-42(3)4)63-39-66(82-71(75(63)87)35-51-31-46-18-10-14-22-54(46)78(51)90-82)59(27-43(5)6)64-40-68(84-72(76(64)88)36-52-32-48-20-12-16-24-56(48)80(52)92-84)60(28-44(7)8)67-38-62(57)74(86)70-34-50-30-47-19-11-15-23-55(47)79(50)91-83(67)70/h9-24,37-44,49-52,57-60,77-80,85-88H,25-36H2,1-8H3/t49-,50-,51-,52-,57-,58-,59-,60-,77+,78+,79+,80+/m1/s1. The Bertz CT molecular complexity index is 4310. The summed E-state index contributed by atoms with van der Waals surface area (Å²) >= 11 is 0. The van der Waals surface area contributed by atoms with Crippen molar-refractivity contribution in [3.8, 4) is 46.0 Å². The molecule has 17 rings (SSSR count). The third kappa shape index (κ3) is 9.08. The van der Waals surface area contributed by atoms with Crippen molar-refractivity contribution in [2.24, 2.45) is 47.3 Å². The zero-order valence-electron chi connectivity index (χ0n) is 54.7. The Balaban J connectivity index is 0.997. The summed E-state index contributed by atoms with van der Waals surface area (Å²) in [5.74, 6) is 3.42. The molecule has 5 aliphatic carbocycles. The molecule has 0 unspecified atom stereocenters. The minimum atomic E-state index is -0.471. The number of hydrogen-bond donors (Lipinski definition) is 4. The first-order valence-corrected chi connectivity index (χ1v) is 35.0. The second kappa shape index (κ2) is 21.9. The SMILES string of the molecule is CC(C)C[C@H]1c2cc(c3c(c2O)C[C@H]2Cc4ccccc4[C@H]2O3)[C@@H](CC(C)C)c2cc(c(O)c3c2O[C@@H]2c4ccccc4C[C@@H]2C3)[C@@H](CC(C)C)c2cc(c(O)c3c2O[C@@H]2c4ccccc4C[C@@H]2C3)[C@@H](CC(C)C)c2cc1c(O)c1c2O[C@@H]2c3ccccc3C[C@@H]2C1. The van der Waals surface area contributed by atoms with Crippen LogP contribution in [0.4, 0.5) is 0 Å². The monoisotopic (exact) mass is 1220 g/mol. The van der Waals surface area contributed by atoms with Crippen molar-refractivity contribution in [2.75, 3.05) is 0 Å². The minimum absolute atomic E-state index is 0.101. The van der Waals surface area contributed by atoms with E-state index < -0.39 is 17.8 Å². The third-order valence-corrected chi connectivity index (χ3v) is 23.4. The van der Waals surface area contributed by atoms with Gasteiger partial charge in [-0.3, -0.25) is 0 Å². The molecule has 0 saturated heterocycles. The Morgan fingerprint density at radius 2 is 0.489 bits per heavy atom. The van der Waals surface area contributed by atoms with E-state index in [9.17, 15) is 20.4 Å². The van der Waals surface area contributed by atoms with Crippen molar-refractivity contribution in [1.82, 2.24) is 0 Å². The van der Waals surface area contributed by atoms with Gasteiger partial charge >= 0.3 is 0 Å². The van der Waals surface area contributed by atoms with E-state index in [1.54, 1.807) is 0 Å². The van der Waals surface area contributed by atoms with Crippen LogP contribution in [0.3, 0.4) is 0 Å². The van der Waals surface area contributed by atoms with Gasteiger partial charge < -0.3 is 39.4 Å². The molecule has 0 spiro atoms. The Kier molecular flexibility index (Phi) is 13.8. The van der Waals surface area contributed by atoms with E-state index in [-0.39, 0.29) is 101 Å². The molecule has 4 N–H and O–H groups in total. The number of ether oxygens (including phenoxy) is 4. The number of aromatic hydroxyl groups is 4. The zero-order valence-corrected chi connectivity index (χ0v) is 54.7. The van der Waals surface area contributed by atoms with Gasteiger partial charge in [0.15, 0.2) is 0 Å². The number of fused-ring (bicyclic) bond motifs is 28. The number of phenolic OH excluding ortho intramolecular Hbond substituents is 4. The lowest BCUT2D eigenvalue weighted by atomic mass is 9.71. The van der Waals surface area contributed by atoms with Crippen LogP contribution in [0.15, 0.2) is 121 Å². The fourth-order valence-electron chi connectivity index (χ4n) is 19.5. The molecule has 4 heterocycles. The molecule has 12 atom stereocenters. The van der Waals surface area contributed by atoms with Crippen molar-refractivity contribution in [1.29, 1.82) is 0 Å². The molecule has 0 saturated carbocycles. The quantitative estimate of drug-likeness (QED) is 0.119. The normalized spacial score (nSPS) is 26.1. The molecule has 0 fully saturated rings. The van der Waals surface area contributed by atoms with E-state index in [2.05, 4.69) is 177 Å². The molecule has 8 heteroatoms. The smallest absolute Gasteiger partial charge is 0.130 e. The molecule has 92 heavy (non-hydrogen) atoms. The molecule has 8 aromatic carbocycles. The van der Waals surface area contributed by atoms with Gasteiger partial charge in [-0.2, -0.15) is 0 Å². The van der Waals surface area contributed by atoms with Crippen LogP contribution in [0.1, 0.15) is 240 Å². The predicted octanol–water partition coefficient (Wildman–Crippen LogP) is 18.9. The lowest BCUT2D eigenvalue weighted by Crippen LogP contribution is -2.27. The number of phenols is 4. The van der Waals surface area contributed by atoms with Crippen LogP contribution < -0.4 is 18.9 Å². The summed E-state index contributed by atoms with van der Waals surface area (Å²) in [6.45, 7) is 18.3. The molecule has 0 radical (unpaired) electrons. The van der Waals surface area contributed by atoms with Crippen molar-refractivity contribution >= 4 is 0 Å². The Hall–Kier alpha value is -7.84. The Morgan fingerprint density at radius 1 is 0.283 bits per heavy atom. The summed E-state index contributed by atoms with van der Waals surface area (Å²) < 4.78 is 30.7. The van der Waals surface area contributed by atoms with Crippen LogP contribution in [0.2, 0.25) is 0 Å². The maximum Gasteiger partial charge on any atom is 0.130 e. The van der Waals surface area contributed by atoms with Crippen LogP contribution in [0.25, 0.3) is 0 Å². The maximum atomic E-state index is 13.9. The first kappa shape index (κ1) is 58.0. The van der Waals surface area contributed by atoms with Gasteiger partial charge in [0.1, 0.15) is 70.4 Å². The molecule has 9 aliphatic rings. The Morgan fingerprint density at radius 3 is 0.717 bits per heavy atom. The molecule has 4 aliphatic heterocycles. The third-order valence-electron chi connectivity index (χ3n) is 23.4. The molecule has 472 valence electrons. The van der Waals surface area contributed by atoms with Gasteiger partial charge in [0.2, 0.25) is 0 Å². The van der Waals surface area contributed by atoms with E-state index >= 15 is 0 Å². The van der Waals surface area contributed by atoms with E-state index in [1.165, 1.54) is 44.5 Å². The lowest BCUT2D eigenvalue weighted by Gasteiger charge is -2.39. The molecule has 0 aromatic heterocycles. The summed E-state index contributed by atoms with van der Waals surface area (Å²) in [7, 11) is 0. The van der Waals surface area contributed by atoms with E-state index in [0.29, 0.717) is 50.7 Å². The van der Waals surface area contributed by atoms with E-state index in [0.717, 1.165) is 116 Å². The molecule has 8 bridgehead atoms. The van der Waals surface area contributed by atoms with Gasteiger partial charge in [-0.25, -0.2) is 0 Å². The zero-order chi connectivity index (χ0) is 62.9. The highest BCUT2D eigenvalue weighted by molar-refractivity contribution is 5.70. The van der Waals surface area contributed by atoms with Crippen LogP contribution in [0, 0.1) is 47.3 Å². The van der Waals surface area contributed by atoms with Crippen LogP contribution >= 0.6 is 0 Å². The maximum absolute atomic E-state index is 13.9. The summed E-state index contributed by atoms with van der Waals surface area (Å²) in [5, 5.41) is 55.3. The second-order valence-electron chi connectivity index (χ2n) is 31.2. The van der Waals surface area contributed by atoms with Gasteiger partial charge in [-0.1, -0.05) is 152 Å². The van der Waals surface area contributed by atoms with Crippen molar-refractivity contribution < 1.29 is 39.4 Å². The molecular weight excluding hydrogens is 1140 g/mol. The number of hydrogen-bond acceptors (Lipinski definition) is 8. The molecule has 8 nitrogen and oxygen atoms in total. The minimum Gasteiger partial charge on any atom is -0.507 e. The fourth-order valence-corrected chi connectivity index (χ4v) is 19.5. The molecular formula is C84H88O8. The van der Waals surface area contributed by atoms with Gasteiger partial charge in [-0.05, 0) is 169 Å². The van der Waals surface area contributed by atoms with Crippen LogP contribution in [-0.4, -0.2) is 20.4 Å². The Labute approximate surface area is 543 Å². The van der Waals surface area contributed by atoms with Crippen molar-refractivity contribution in [2.45, 2.75) is 181 Å². The molecule has 8 aromatic rings. The van der Waals surface area contributed by atoms with Crippen molar-refractivity contribution in [3.63, 3.8) is 0 Å². The fraction of sp³-hybridized carbons (Fsp3) is 0.429. The first-order chi connectivity index (χ1) is 44.5. The van der Waals surface area contributed by atoms with E-state index in [1.807, 2.05) is 0 Å². The summed E-state index contributed by atoms with van der Waals surface area (Å²) in [6.07, 6.45) is 7.78. The number of benzene rings is 8. The van der Waals surface area contributed by atoms with Gasteiger partial charge in [0.05, 0.1) is 0 Å². The van der Waals surface area contributed by atoms with Crippen molar-refractivity contribution in [3.05, 3.63) is 233 Å². The highest BCUT2D eigenvalue weighted by Gasteiger charge is 2.49. The van der Waals surface area contributed by atoms with E-state index in [4.69, 9.17) is 18.9 Å². The highest BCUT2D eigenvalue weighted by atomic mass is 16.5. The van der Waals surface area contributed by atoms with Crippen LogP contribution in [-0.2, 0) is 51.4 Å². The summed E-state index contributed by atoms with van der Waals surface area (Å²) in [5.41, 5.74) is 20.5.